The first kappa shape index (κ1) is 33.8. The van der Waals surface area contributed by atoms with Gasteiger partial charge in [-0.1, -0.05) is 19.1 Å². The molecule has 4 N–H and O–H groups in total. The minimum absolute atomic E-state index is 0.0569. The van der Waals surface area contributed by atoms with Crippen LogP contribution in [0.4, 0.5) is 26.9 Å². The number of rotatable bonds is 8. The van der Waals surface area contributed by atoms with E-state index in [1.165, 1.54) is 5.56 Å². The zero-order valence-corrected chi connectivity index (χ0v) is 29.0. The number of benzene rings is 1. The lowest BCUT2D eigenvalue weighted by Gasteiger charge is -2.48. The fourth-order valence-corrected chi connectivity index (χ4v) is 7.47. The number of hydrogen-bond donors (Lipinski definition) is 3. The number of piperidine rings is 2. The van der Waals surface area contributed by atoms with Crippen molar-refractivity contribution in [3.8, 4) is 0 Å². The highest BCUT2D eigenvalue weighted by Crippen LogP contribution is 2.39. The molecule has 260 valence electrons. The third kappa shape index (κ3) is 7.45. The number of alkyl carbamates (subject to hydrolysis) is 1. The second-order valence-corrected chi connectivity index (χ2v) is 15.2. The highest BCUT2D eigenvalue weighted by atomic mass is 16.6. The summed E-state index contributed by atoms with van der Waals surface area (Å²) in [6.07, 6.45) is 7.18. The van der Waals surface area contributed by atoms with Gasteiger partial charge in [0.2, 0.25) is 0 Å². The molecule has 0 unspecified atom stereocenters. The zero-order valence-electron chi connectivity index (χ0n) is 29.0. The SMILES string of the molecule is CN1CCN([C@@H]2CCCN(c3cnc(C(N)=O)c(Nc4ccc(C5(C)CCN([C@H]6C[C@H](NC(=O)OC(C)(C)C)C6)CC5)cc4)n3)C2)C1=O. The monoisotopic (exact) mass is 661 g/mol. The molecule has 0 radical (unpaired) electrons. The fourth-order valence-electron chi connectivity index (χ4n) is 7.47. The van der Waals surface area contributed by atoms with Gasteiger partial charge >= 0.3 is 12.1 Å². The van der Waals surface area contributed by atoms with Crippen molar-refractivity contribution in [2.45, 2.75) is 95.4 Å². The molecule has 1 aromatic heterocycles. The minimum Gasteiger partial charge on any atom is -0.444 e. The van der Waals surface area contributed by atoms with E-state index in [2.05, 4.69) is 44.5 Å². The molecule has 0 bridgehead atoms. The molecule has 48 heavy (non-hydrogen) atoms. The van der Waals surface area contributed by atoms with Crippen molar-refractivity contribution in [3.05, 3.63) is 41.7 Å². The first-order valence-electron chi connectivity index (χ1n) is 17.3. The Balaban J connectivity index is 1.05. The normalized spacial score (nSPS) is 24.6. The number of amides is 4. The number of nitrogens with one attached hydrogen (secondary N) is 2. The summed E-state index contributed by atoms with van der Waals surface area (Å²) in [6, 6.07) is 9.22. The fraction of sp³-hybridized carbons (Fsp3) is 0.629. The predicted molar refractivity (Wildman–Crippen MR) is 185 cm³/mol. The van der Waals surface area contributed by atoms with E-state index in [1.54, 1.807) is 11.1 Å². The largest absolute Gasteiger partial charge is 0.444 e. The number of ether oxygens (including phenoxy) is 1. The van der Waals surface area contributed by atoms with E-state index in [-0.39, 0.29) is 35.3 Å². The van der Waals surface area contributed by atoms with Crippen LogP contribution >= 0.6 is 0 Å². The minimum atomic E-state index is -0.645. The van der Waals surface area contributed by atoms with Crippen LogP contribution in [-0.2, 0) is 10.2 Å². The Morgan fingerprint density at radius 2 is 1.73 bits per heavy atom. The van der Waals surface area contributed by atoms with E-state index in [4.69, 9.17) is 15.5 Å². The molecule has 0 spiro atoms. The van der Waals surface area contributed by atoms with Crippen molar-refractivity contribution in [2.24, 2.45) is 5.73 Å². The van der Waals surface area contributed by atoms with Crippen molar-refractivity contribution >= 4 is 35.4 Å². The molecular weight excluding hydrogens is 610 g/mol. The van der Waals surface area contributed by atoms with Gasteiger partial charge in [-0.3, -0.25) is 4.79 Å². The number of primary amides is 1. The van der Waals surface area contributed by atoms with Crippen LogP contribution < -0.4 is 21.3 Å². The van der Waals surface area contributed by atoms with Gasteiger partial charge in [0, 0.05) is 51.0 Å². The molecule has 4 aliphatic rings. The van der Waals surface area contributed by atoms with Gasteiger partial charge in [0.05, 0.1) is 12.2 Å². The summed E-state index contributed by atoms with van der Waals surface area (Å²) in [7, 11) is 1.84. The van der Waals surface area contributed by atoms with E-state index in [0.29, 0.717) is 24.2 Å². The molecule has 1 atom stereocenters. The van der Waals surface area contributed by atoms with Crippen molar-refractivity contribution < 1.29 is 19.1 Å². The quantitative estimate of drug-likeness (QED) is 0.381. The summed E-state index contributed by atoms with van der Waals surface area (Å²) in [4.78, 5) is 54.7. The van der Waals surface area contributed by atoms with Gasteiger partial charge in [-0.25, -0.2) is 19.6 Å². The number of carbonyl (C=O) groups excluding carboxylic acids is 3. The summed E-state index contributed by atoms with van der Waals surface area (Å²) < 4.78 is 5.41. The van der Waals surface area contributed by atoms with E-state index in [1.807, 2.05) is 44.9 Å². The van der Waals surface area contributed by atoms with Gasteiger partial charge in [0.25, 0.3) is 5.91 Å². The molecule has 4 heterocycles. The number of aromatic nitrogens is 2. The third-order valence-electron chi connectivity index (χ3n) is 10.5. The first-order chi connectivity index (χ1) is 22.8. The lowest BCUT2D eigenvalue weighted by atomic mass is 9.73. The maximum atomic E-state index is 12.6. The molecule has 1 aromatic carbocycles. The van der Waals surface area contributed by atoms with E-state index in [9.17, 15) is 14.4 Å². The van der Waals surface area contributed by atoms with Crippen molar-refractivity contribution in [1.29, 1.82) is 0 Å². The molecule has 1 saturated carbocycles. The van der Waals surface area contributed by atoms with Crippen LogP contribution in [0.15, 0.2) is 30.5 Å². The summed E-state index contributed by atoms with van der Waals surface area (Å²) in [5, 5.41) is 6.31. The van der Waals surface area contributed by atoms with E-state index < -0.39 is 11.5 Å². The Hall–Kier alpha value is -4.13. The Morgan fingerprint density at radius 3 is 2.35 bits per heavy atom. The number of carbonyl (C=O) groups is 3. The van der Waals surface area contributed by atoms with Crippen LogP contribution in [0.25, 0.3) is 0 Å². The third-order valence-corrected chi connectivity index (χ3v) is 10.5. The highest BCUT2D eigenvalue weighted by molar-refractivity contribution is 5.96. The average molecular weight is 662 g/mol. The molecular formula is C35H51N9O4. The smallest absolute Gasteiger partial charge is 0.407 e. The zero-order chi connectivity index (χ0) is 34.2. The molecule has 4 fully saturated rings. The number of urea groups is 1. The summed E-state index contributed by atoms with van der Waals surface area (Å²) in [5.74, 6) is 0.334. The van der Waals surface area contributed by atoms with Crippen LogP contribution in [0, 0.1) is 0 Å². The molecule has 1 aliphatic carbocycles. The molecule has 3 saturated heterocycles. The molecule has 2 aromatic rings. The van der Waals surface area contributed by atoms with E-state index in [0.717, 1.165) is 76.9 Å². The Morgan fingerprint density at radius 1 is 1.02 bits per heavy atom. The molecule has 6 rings (SSSR count). The average Bonchev–Trinajstić information content (AvgIpc) is 3.36. The summed E-state index contributed by atoms with van der Waals surface area (Å²) in [5.41, 5.74) is 7.43. The van der Waals surface area contributed by atoms with Crippen LogP contribution in [0.2, 0.25) is 0 Å². The van der Waals surface area contributed by atoms with Crippen LogP contribution in [0.3, 0.4) is 0 Å². The van der Waals surface area contributed by atoms with E-state index >= 15 is 0 Å². The Labute approximate surface area is 283 Å². The van der Waals surface area contributed by atoms with Gasteiger partial charge in [0.15, 0.2) is 11.5 Å². The maximum Gasteiger partial charge on any atom is 0.407 e. The lowest BCUT2D eigenvalue weighted by molar-refractivity contribution is 0.0316. The van der Waals surface area contributed by atoms with Crippen molar-refractivity contribution in [3.63, 3.8) is 0 Å². The Kier molecular flexibility index (Phi) is 9.43. The number of likely N-dealkylation sites (tertiary alicyclic amines) is 1. The number of nitrogens with two attached hydrogens (primary N) is 1. The van der Waals surface area contributed by atoms with Crippen LogP contribution in [-0.4, -0.2) is 113 Å². The van der Waals surface area contributed by atoms with Crippen molar-refractivity contribution in [1.82, 2.24) is 30.0 Å². The molecule has 13 nitrogen and oxygen atoms in total. The van der Waals surface area contributed by atoms with Gasteiger partial charge in [-0.05, 0) is 95.5 Å². The van der Waals surface area contributed by atoms with Crippen molar-refractivity contribution in [2.75, 3.05) is 56.5 Å². The van der Waals surface area contributed by atoms with Gasteiger partial charge < -0.3 is 40.7 Å². The first-order valence-corrected chi connectivity index (χ1v) is 17.3. The molecule has 3 aliphatic heterocycles. The Bertz CT molecular complexity index is 1500. The maximum absolute atomic E-state index is 12.6. The number of anilines is 3. The predicted octanol–water partition coefficient (Wildman–Crippen LogP) is 4.06. The second-order valence-electron chi connectivity index (χ2n) is 15.2. The molecule has 4 amide bonds. The summed E-state index contributed by atoms with van der Waals surface area (Å²) in [6.45, 7) is 12.9. The standard InChI is InChI=1S/C35H51N9O4/c1-34(2,3)48-32(46)39-25-19-27(20-25)42-15-12-35(4,13-16-42)23-8-10-24(11-9-23)38-31-29(30(36)45)37-21-28(40-31)43-14-6-7-26(22-43)44-18-17-41(5)33(44)47/h8-11,21,25-27H,6-7,12-20,22H2,1-5H3,(H2,36,45)(H,38,40)(H,39,46)/t25-,26-,27-/m1/s1. The van der Waals surface area contributed by atoms with Gasteiger partial charge in [0.1, 0.15) is 11.4 Å². The number of likely N-dealkylation sites (N-methyl/N-ethyl adjacent to an activating group) is 1. The number of hydrogen-bond acceptors (Lipinski definition) is 9. The second kappa shape index (κ2) is 13.4. The van der Waals surface area contributed by atoms with Gasteiger partial charge in [-0.15, -0.1) is 0 Å². The lowest BCUT2D eigenvalue weighted by Crippen LogP contribution is -2.57. The molecule has 13 heteroatoms. The summed E-state index contributed by atoms with van der Waals surface area (Å²) >= 11 is 0. The highest BCUT2D eigenvalue weighted by Gasteiger charge is 2.40. The number of nitrogens with zero attached hydrogens (tertiary/aromatic N) is 6. The topological polar surface area (TPSA) is 149 Å². The van der Waals surface area contributed by atoms with Crippen LogP contribution in [0.1, 0.15) is 82.3 Å². The van der Waals surface area contributed by atoms with Gasteiger partial charge in [-0.2, -0.15) is 0 Å². The van der Waals surface area contributed by atoms with Crippen LogP contribution in [0.5, 0.6) is 0 Å².